The summed E-state index contributed by atoms with van der Waals surface area (Å²) in [6.07, 6.45) is 1.49. The molecule has 0 aliphatic heterocycles. The van der Waals surface area contributed by atoms with Crippen LogP contribution < -0.4 is 5.32 Å². The van der Waals surface area contributed by atoms with Gasteiger partial charge in [0.15, 0.2) is 0 Å². The summed E-state index contributed by atoms with van der Waals surface area (Å²) in [5, 5.41) is 7.31. The molecule has 1 aromatic heterocycles. The summed E-state index contributed by atoms with van der Waals surface area (Å²) in [7, 11) is -3.58. The third-order valence-corrected chi connectivity index (χ3v) is 6.69. The molecule has 0 fully saturated rings. The van der Waals surface area contributed by atoms with Crippen LogP contribution in [0, 0.1) is 6.92 Å². The van der Waals surface area contributed by atoms with E-state index in [1.165, 1.54) is 28.6 Å². The number of aromatic nitrogens is 2. The first kappa shape index (κ1) is 22.7. The lowest BCUT2D eigenvalue weighted by atomic mass is 10.2. The maximum atomic E-state index is 12.9. The lowest BCUT2D eigenvalue weighted by molar-refractivity contribution is 0.102. The second-order valence-corrected chi connectivity index (χ2v) is 9.24. The number of rotatable bonds is 9. The zero-order valence-electron chi connectivity index (χ0n) is 18.1. The van der Waals surface area contributed by atoms with Gasteiger partial charge in [-0.1, -0.05) is 32.0 Å². The summed E-state index contributed by atoms with van der Waals surface area (Å²) in [5.41, 5.74) is 1.97. The Hall–Kier alpha value is -2.97. The van der Waals surface area contributed by atoms with Crippen LogP contribution in [0.2, 0.25) is 0 Å². The molecule has 1 heterocycles. The number of amides is 1. The smallest absolute Gasteiger partial charge is 0.256 e. The highest BCUT2D eigenvalue weighted by Crippen LogP contribution is 2.20. The van der Waals surface area contributed by atoms with Crippen molar-refractivity contribution in [1.29, 1.82) is 0 Å². The molecule has 8 heteroatoms. The fourth-order valence-corrected chi connectivity index (χ4v) is 4.95. The minimum absolute atomic E-state index is 0.191. The van der Waals surface area contributed by atoms with Gasteiger partial charge in [-0.05, 0) is 56.2 Å². The second-order valence-electron chi connectivity index (χ2n) is 7.30. The summed E-state index contributed by atoms with van der Waals surface area (Å²) in [4.78, 5) is 13.0. The van der Waals surface area contributed by atoms with Crippen molar-refractivity contribution in [3.63, 3.8) is 0 Å². The number of benzene rings is 2. The van der Waals surface area contributed by atoms with E-state index < -0.39 is 10.0 Å². The van der Waals surface area contributed by atoms with E-state index >= 15 is 0 Å². The molecule has 0 saturated heterocycles. The number of sulfonamides is 1. The number of para-hydroxylation sites is 1. The molecule has 2 aromatic carbocycles. The largest absolute Gasteiger partial charge is 0.306 e. The van der Waals surface area contributed by atoms with Crippen molar-refractivity contribution in [2.75, 3.05) is 18.4 Å². The predicted octanol–water partition coefficient (Wildman–Crippen LogP) is 4.24. The Balaban J connectivity index is 1.81. The fraction of sp³-hybridized carbons (Fsp3) is 0.304. The van der Waals surface area contributed by atoms with Gasteiger partial charge in [-0.3, -0.25) is 4.79 Å². The first-order valence-corrected chi connectivity index (χ1v) is 11.8. The molecule has 164 valence electrons. The summed E-state index contributed by atoms with van der Waals surface area (Å²) < 4.78 is 29.0. The van der Waals surface area contributed by atoms with Crippen LogP contribution in [-0.4, -0.2) is 41.5 Å². The fourth-order valence-electron chi connectivity index (χ4n) is 3.32. The number of nitrogens with zero attached hydrogens (tertiary/aromatic N) is 3. The van der Waals surface area contributed by atoms with Gasteiger partial charge in [-0.2, -0.15) is 9.40 Å². The molecular formula is C23H28N4O3S. The van der Waals surface area contributed by atoms with E-state index in [1.807, 2.05) is 51.1 Å². The molecule has 0 saturated carbocycles. The zero-order valence-corrected chi connectivity index (χ0v) is 18.9. The summed E-state index contributed by atoms with van der Waals surface area (Å²) in [6, 6.07) is 17.4. The summed E-state index contributed by atoms with van der Waals surface area (Å²) >= 11 is 0. The summed E-state index contributed by atoms with van der Waals surface area (Å²) in [6.45, 7) is 6.70. The highest BCUT2D eigenvalue weighted by molar-refractivity contribution is 7.89. The van der Waals surface area contributed by atoms with Gasteiger partial charge >= 0.3 is 0 Å². The van der Waals surface area contributed by atoms with Crippen LogP contribution >= 0.6 is 0 Å². The molecule has 7 nitrogen and oxygen atoms in total. The Bertz CT molecular complexity index is 1120. The van der Waals surface area contributed by atoms with Crippen LogP contribution in [0.25, 0.3) is 5.69 Å². The molecular weight excluding hydrogens is 412 g/mol. The first-order valence-electron chi connectivity index (χ1n) is 10.4. The third kappa shape index (κ3) is 5.21. The van der Waals surface area contributed by atoms with Gasteiger partial charge in [0.25, 0.3) is 5.91 Å². The number of hydrogen-bond donors (Lipinski definition) is 1. The van der Waals surface area contributed by atoms with Gasteiger partial charge < -0.3 is 5.32 Å². The molecule has 3 aromatic rings. The molecule has 0 atom stereocenters. The van der Waals surface area contributed by atoms with Crippen LogP contribution in [-0.2, 0) is 10.0 Å². The molecule has 0 radical (unpaired) electrons. The highest BCUT2D eigenvalue weighted by atomic mass is 32.2. The lowest BCUT2D eigenvalue weighted by Crippen LogP contribution is -2.32. The van der Waals surface area contributed by atoms with Crippen molar-refractivity contribution in [3.8, 4) is 5.69 Å². The topological polar surface area (TPSA) is 84.3 Å². The Morgan fingerprint density at radius 1 is 1.00 bits per heavy atom. The SMILES string of the molecule is CCCN(CCC)S(=O)(=O)c1ccc(C(=O)Nc2cc(C)nn2-c2ccccc2)cc1. The molecule has 0 unspecified atom stereocenters. The molecule has 0 spiro atoms. The van der Waals surface area contributed by atoms with E-state index in [0.29, 0.717) is 24.5 Å². The maximum Gasteiger partial charge on any atom is 0.256 e. The van der Waals surface area contributed by atoms with Gasteiger partial charge in [0.1, 0.15) is 5.82 Å². The van der Waals surface area contributed by atoms with Gasteiger partial charge in [0.2, 0.25) is 10.0 Å². The van der Waals surface area contributed by atoms with Crippen LogP contribution in [0.1, 0.15) is 42.7 Å². The van der Waals surface area contributed by atoms with Crippen molar-refractivity contribution >= 4 is 21.7 Å². The molecule has 0 aliphatic carbocycles. The second kappa shape index (κ2) is 9.89. The van der Waals surface area contributed by atoms with E-state index in [-0.39, 0.29) is 10.8 Å². The molecule has 31 heavy (non-hydrogen) atoms. The maximum absolute atomic E-state index is 12.9. The lowest BCUT2D eigenvalue weighted by Gasteiger charge is -2.21. The van der Waals surface area contributed by atoms with E-state index in [1.54, 1.807) is 10.7 Å². The average Bonchev–Trinajstić information content (AvgIpc) is 3.14. The Morgan fingerprint density at radius 3 is 2.19 bits per heavy atom. The number of aryl methyl sites for hydroxylation is 1. The van der Waals surface area contributed by atoms with Crippen molar-refractivity contribution in [2.45, 2.75) is 38.5 Å². The monoisotopic (exact) mass is 440 g/mol. The van der Waals surface area contributed by atoms with E-state index in [2.05, 4.69) is 10.4 Å². The Labute approximate surface area is 183 Å². The van der Waals surface area contributed by atoms with E-state index in [4.69, 9.17) is 0 Å². The van der Waals surface area contributed by atoms with Crippen LogP contribution in [0.15, 0.2) is 65.6 Å². The Kier molecular flexibility index (Phi) is 7.25. The predicted molar refractivity (Wildman–Crippen MR) is 122 cm³/mol. The van der Waals surface area contributed by atoms with E-state index in [9.17, 15) is 13.2 Å². The molecule has 3 rings (SSSR count). The minimum Gasteiger partial charge on any atom is -0.306 e. The van der Waals surface area contributed by atoms with Crippen molar-refractivity contribution in [3.05, 3.63) is 71.9 Å². The summed E-state index contributed by atoms with van der Waals surface area (Å²) in [5.74, 6) is 0.211. The van der Waals surface area contributed by atoms with E-state index in [0.717, 1.165) is 24.2 Å². The molecule has 1 N–H and O–H groups in total. The van der Waals surface area contributed by atoms with Crippen LogP contribution in [0.4, 0.5) is 5.82 Å². The quantitative estimate of drug-likeness (QED) is 0.539. The third-order valence-electron chi connectivity index (χ3n) is 4.77. The van der Waals surface area contributed by atoms with Crippen molar-refractivity contribution in [1.82, 2.24) is 14.1 Å². The Morgan fingerprint density at radius 2 is 1.61 bits per heavy atom. The standard InChI is InChI=1S/C23H28N4O3S/c1-4-15-26(16-5-2)31(29,30)21-13-11-19(12-14-21)23(28)24-22-17-18(3)25-27(22)20-9-7-6-8-10-20/h6-14,17H,4-5,15-16H2,1-3H3,(H,24,28). The zero-order chi connectivity index (χ0) is 22.4. The minimum atomic E-state index is -3.58. The van der Waals surface area contributed by atoms with Gasteiger partial charge in [0, 0.05) is 24.7 Å². The number of hydrogen-bond acceptors (Lipinski definition) is 4. The molecule has 0 aliphatic rings. The average molecular weight is 441 g/mol. The van der Waals surface area contributed by atoms with Crippen molar-refractivity contribution < 1.29 is 13.2 Å². The first-order chi connectivity index (χ1) is 14.9. The molecule has 1 amide bonds. The number of nitrogens with one attached hydrogen (secondary N) is 1. The number of carbonyl (C=O) groups excluding carboxylic acids is 1. The number of anilines is 1. The molecule has 0 bridgehead atoms. The number of carbonyl (C=O) groups is 1. The highest BCUT2D eigenvalue weighted by Gasteiger charge is 2.23. The normalized spacial score (nSPS) is 11.6. The van der Waals surface area contributed by atoms with Gasteiger partial charge in [0.05, 0.1) is 16.3 Å². The van der Waals surface area contributed by atoms with Crippen LogP contribution in [0.5, 0.6) is 0 Å². The van der Waals surface area contributed by atoms with Crippen molar-refractivity contribution in [2.24, 2.45) is 0 Å². The van der Waals surface area contributed by atoms with Gasteiger partial charge in [-0.15, -0.1) is 0 Å². The van der Waals surface area contributed by atoms with Gasteiger partial charge in [-0.25, -0.2) is 13.1 Å². The van der Waals surface area contributed by atoms with Crippen LogP contribution in [0.3, 0.4) is 0 Å².